The molecule has 1 aliphatic rings. The Hall–Kier alpha value is -0.0800. The van der Waals surface area contributed by atoms with Crippen LogP contribution < -0.4 is 5.32 Å². The summed E-state index contributed by atoms with van der Waals surface area (Å²) in [5, 5.41) is 3.30. The van der Waals surface area contributed by atoms with Crippen molar-refractivity contribution in [2.75, 3.05) is 13.7 Å². The molecule has 2 heteroatoms. The van der Waals surface area contributed by atoms with Crippen molar-refractivity contribution in [3.8, 4) is 0 Å². The van der Waals surface area contributed by atoms with E-state index in [1.54, 1.807) is 7.11 Å². The number of methoxy groups -OCH3 is 1. The van der Waals surface area contributed by atoms with Gasteiger partial charge in [0, 0.05) is 7.11 Å². The number of piperidine rings is 1. The van der Waals surface area contributed by atoms with Crippen LogP contribution in [0.25, 0.3) is 0 Å². The fraction of sp³-hybridized carbons (Fsp3) is 1.00. The van der Waals surface area contributed by atoms with Crippen LogP contribution in [0.1, 0.15) is 19.8 Å². The molecule has 0 aromatic carbocycles. The molecule has 0 saturated carbocycles. The van der Waals surface area contributed by atoms with E-state index in [9.17, 15) is 0 Å². The SMILES string of the molecule is COC1NCCCC1C. The predicted octanol–water partition coefficient (Wildman–Crippen LogP) is 0.978. The summed E-state index contributed by atoms with van der Waals surface area (Å²) in [6.07, 6.45) is 2.89. The van der Waals surface area contributed by atoms with Crippen molar-refractivity contribution in [3.05, 3.63) is 0 Å². The van der Waals surface area contributed by atoms with Crippen molar-refractivity contribution in [1.82, 2.24) is 5.32 Å². The largest absolute Gasteiger partial charge is 0.366 e. The summed E-state index contributed by atoms with van der Waals surface area (Å²) in [6.45, 7) is 3.34. The minimum absolute atomic E-state index is 0.304. The lowest BCUT2D eigenvalue weighted by Crippen LogP contribution is -2.41. The first-order valence-electron chi connectivity index (χ1n) is 3.61. The molecule has 1 fully saturated rings. The molecule has 0 aromatic rings. The molecule has 0 aliphatic carbocycles. The second kappa shape index (κ2) is 3.18. The molecule has 1 saturated heterocycles. The maximum Gasteiger partial charge on any atom is 0.110 e. The fourth-order valence-electron chi connectivity index (χ4n) is 1.34. The summed E-state index contributed by atoms with van der Waals surface area (Å²) in [6, 6.07) is 0. The molecule has 2 atom stereocenters. The van der Waals surface area contributed by atoms with E-state index in [1.165, 1.54) is 12.8 Å². The van der Waals surface area contributed by atoms with Gasteiger partial charge in [0.2, 0.25) is 0 Å². The summed E-state index contributed by atoms with van der Waals surface area (Å²) in [5.74, 6) is 0.684. The average Bonchev–Trinajstić information content (AvgIpc) is 1.89. The quantitative estimate of drug-likeness (QED) is 0.570. The molecular weight excluding hydrogens is 114 g/mol. The summed E-state index contributed by atoms with van der Waals surface area (Å²) < 4.78 is 5.19. The second-order valence-corrected chi connectivity index (χ2v) is 2.73. The van der Waals surface area contributed by atoms with Crippen molar-refractivity contribution in [2.45, 2.75) is 26.0 Å². The molecule has 2 nitrogen and oxygen atoms in total. The van der Waals surface area contributed by atoms with Gasteiger partial charge in [-0.3, -0.25) is 5.32 Å². The number of ether oxygens (including phenoxy) is 1. The first kappa shape index (κ1) is 7.03. The molecule has 0 radical (unpaired) electrons. The van der Waals surface area contributed by atoms with Gasteiger partial charge in [0.15, 0.2) is 0 Å². The van der Waals surface area contributed by atoms with E-state index in [1.807, 2.05) is 0 Å². The molecule has 1 heterocycles. The highest BCUT2D eigenvalue weighted by Gasteiger charge is 2.18. The van der Waals surface area contributed by atoms with E-state index < -0.39 is 0 Å². The minimum Gasteiger partial charge on any atom is -0.366 e. The Morgan fingerprint density at radius 1 is 1.56 bits per heavy atom. The normalized spacial score (nSPS) is 36.7. The fourth-order valence-corrected chi connectivity index (χ4v) is 1.34. The summed E-state index contributed by atoms with van der Waals surface area (Å²) in [7, 11) is 1.76. The highest BCUT2D eigenvalue weighted by Crippen LogP contribution is 2.14. The van der Waals surface area contributed by atoms with E-state index >= 15 is 0 Å². The zero-order valence-electron chi connectivity index (χ0n) is 6.18. The molecule has 54 valence electrons. The third-order valence-corrected chi connectivity index (χ3v) is 1.95. The van der Waals surface area contributed by atoms with Gasteiger partial charge in [-0.05, 0) is 25.3 Å². The average molecular weight is 129 g/mol. The number of hydrogen-bond acceptors (Lipinski definition) is 2. The Bertz CT molecular complexity index is 85.0. The highest BCUT2D eigenvalue weighted by atomic mass is 16.5. The smallest absolute Gasteiger partial charge is 0.110 e. The molecule has 1 rings (SSSR count). The summed E-state index contributed by atoms with van der Waals surface area (Å²) in [4.78, 5) is 0. The first-order chi connectivity index (χ1) is 4.34. The lowest BCUT2D eigenvalue weighted by Gasteiger charge is -2.28. The van der Waals surface area contributed by atoms with Crippen molar-refractivity contribution >= 4 is 0 Å². The van der Waals surface area contributed by atoms with Crippen LogP contribution in [-0.4, -0.2) is 19.9 Å². The summed E-state index contributed by atoms with van der Waals surface area (Å²) >= 11 is 0. The van der Waals surface area contributed by atoms with Gasteiger partial charge in [0.05, 0.1) is 0 Å². The zero-order chi connectivity index (χ0) is 6.69. The lowest BCUT2D eigenvalue weighted by atomic mass is 10.0. The van der Waals surface area contributed by atoms with Gasteiger partial charge in [0.25, 0.3) is 0 Å². The van der Waals surface area contributed by atoms with Gasteiger partial charge in [-0.1, -0.05) is 6.92 Å². The Balaban J connectivity index is 2.30. The van der Waals surface area contributed by atoms with Crippen molar-refractivity contribution in [1.29, 1.82) is 0 Å². The van der Waals surface area contributed by atoms with E-state index in [2.05, 4.69) is 12.2 Å². The van der Waals surface area contributed by atoms with Crippen LogP contribution in [0.15, 0.2) is 0 Å². The van der Waals surface area contributed by atoms with Gasteiger partial charge in [-0.2, -0.15) is 0 Å². The molecule has 0 aromatic heterocycles. The minimum atomic E-state index is 0.304. The van der Waals surface area contributed by atoms with Gasteiger partial charge in [-0.25, -0.2) is 0 Å². The zero-order valence-corrected chi connectivity index (χ0v) is 6.18. The van der Waals surface area contributed by atoms with E-state index in [0.717, 1.165) is 6.54 Å². The molecule has 2 unspecified atom stereocenters. The third kappa shape index (κ3) is 1.66. The van der Waals surface area contributed by atoms with Crippen LogP contribution in [0.3, 0.4) is 0 Å². The Kier molecular flexibility index (Phi) is 2.49. The number of hydrogen-bond donors (Lipinski definition) is 1. The lowest BCUT2D eigenvalue weighted by molar-refractivity contribution is 0.0132. The van der Waals surface area contributed by atoms with Crippen LogP contribution >= 0.6 is 0 Å². The maximum absolute atomic E-state index is 5.19. The van der Waals surface area contributed by atoms with Crippen LogP contribution in [0.5, 0.6) is 0 Å². The molecule has 0 amide bonds. The maximum atomic E-state index is 5.19. The number of nitrogens with one attached hydrogen (secondary N) is 1. The molecule has 0 bridgehead atoms. The monoisotopic (exact) mass is 129 g/mol. The van der Waals surface area contributed by atoms with Crippen molar-refractivity contribution in [3.63, 3.8) is 0 Å². The van der Waals surface area contributed by atoms with Gasteiger partial charge >= 0.3 is 0 Å². The van der Waals surface area contributed by atoms with E-state index in [-0.39, 0.29) is 0 Å². The molecule has 9 heavy (non-hydrogen) atoms. The standard InChI is InChI=1S/C7H15NO/c1-6-4-3-5-8-7(6)9-2/h6-8H,3-5H2,1-2H3. The van der Waals surface area contributed by atoms with Gasteiger partial charge in [-0.15, -0.1) is 0 Å². The van der Waals surface area contributed by atoms with Gasteiger partial charge < -0.3 is 4.74 Å². The second-order valence-electron chi connectivity index (χ2n) is 2.73. The Morgan fingerprint density at radius 2 is 2.33 bits per heavy atom. The van der Waals surface area contributed by atoms with Crippen molar-refractivity contribution < 1.29 is 4.74 Å². The summed E-state index contributed by atoms with van der Waals surface area (Å²) in [5.41, 5.74) is 0. The Labute approximate surface area is 56.6 Å². The number of rotatable bonds is 1. The topological polar surface area (TPSA) is 21.3 Å². The molecular formula is C7H15NO. The van der Waals surface area contributed by atoms with Crippen molar-refractivity contribution in [2.24, 2.45) is 5.92 Å². The van der Waals surface area contributed by atoms with Crippen LogP contribution in [-0.2, 0) is 4.74 Å². The van der Waals surface area contributed by atoms with E-state index in [4.69, 9.17) is 4.74 Å². The molecule has 0 spiro atoms. The predicted molar refractivity (Wildman–Crippen MR) is 37.2 cm³/mol. The van der Waals surface area contributed by atoms with Gasteiger partial charge in [0.1, 0.15) is 6.23 Å². The Morgan fingerprint density at radius 3 is 2.78 bits per heavy atom. The first-order valence-corrected chi connectivity index (χ1v) is 3.61. The third-order valence-electron chi connectivity index (χ3n) is 1.95. The highest BCUT2D eigenvalue weighted by molar-refractivity contribution is 4.69. The van der Waals surface area contributed by atoms with Crippen LogP contribution in [0.2, 0.25) is 0 Å². The van der Waals surface area contributed by atoms with E-state index in [0.29, 0.717) is 12.1 Å². The van der Waals surface area contributed by atoms with Crippen LogP contribution in [0, 0.1) is 5.92 Å². The molecule has 1 N–H and O–H groups in total. The molecule has 1 aliphatic heterocycles. The van der Waals surface area contributed by atoms with Crippen LogP contribution in [0.4, 0.5) is 0 Å².